The molecule has 1 aliphatic heterocycles. The summed E-state index contributed by atoms with van der Waals surface area (Å²) < 4.78 is 17.7. The molecule has 10 heteroatoms. The smallest absolute Gasteiger partial charge is 0.283 e. The highest BCUT2D eigenvalue weighted by atomic mass is 16.5. The average molecular weight is 414 g/mol. The SMILES string of the molecule is COCCN(C)c1cnn([C@H]2CCCN(Cc3nnc(-c4ccco4)o3)C2)c(=O)c1. The first-order valence-corrected chi connectivity index (χ1v) is 10.0. The Morgan fingerprint density at radius 3 is 3.03 bits per heavy atom. The molecule has 0 N–H and O–H groups in total. The minimum Gasteiger partial charge on any atom is -0.459 e. The van der Waals surface area contributed by atoms with E-state index in [1.807, 2.05) is 11.9 Å². The number of ether oxygens (including phenoxy) is 1. The zero-order valence-electron chi connectivity index (χ0n) is 17.2. The molecule has 1 atom stereocenters. The van der Waals surface area contributed by atoms with E-state index in [0.717, 1.165) is 25.1 Å². The van der Waals surface area contributed by atoms with E-state index in [4.69, 9.17) is 13.6 Å². The summed E-state index contributed by atoms with van der Waals surface area (Å²) in [6.07, 6.45) is 5.18. The third-order valence-electron chi connectivity index (χ3n) is 5.27. The lowest BCUT2D eigenvalue weighted by Crippen LogP contribution is -2.40. The largest absolute Gasteiger partial charge is 0.459 e. The van der Waals surface area contributed by atoms with Crippen molar-refractivity contribution in [2.45, 2.75) is 25.4 Å². The summed E-state index contributed by atoms with van der Waals surface area (Å²) in [5.41, 5.74) is 0.693. The molecule has 30 heavy (non-hydrogen) atoms. The fourth-order valence-electron chi connectivity index (χ4n) is 3.63. The number of likely N-dealkylation sites (tertiary alicyclic amines) is 1. The highest BCUT2D eigenvalue weighted by molar-refractivity contribution is 5.42. The van der Waals surface area contributed by atoms with Crippen LogP contribution in [-0.2, 0) is 11.3 Å². The Kier molecular flexibility index (Phi) is 6.24. The number of methoxy groups -OCH3 is 1. The van der Waals surface area contributed by atoms with Gasteiger partial charge in [-0.25, -0.2) is 4.68 Å². The number of likely N-dealkylation sites (N-methyl/N-ethyl adjacent to an activating group) is 1. The molecule has 1 fully saturated rings. The molecular weight excluding hydrogens is 388 g/mol. The van der Waals surface area contributed by atoms with E-state index in [1.54, 1.807) is 42.5 Å². The summed E-state index contributed by atoms with van der Waals surface area (Å²) in [6, 6.07) is 5.20. The molecule has 160 valence electrons. The molecule has 0 unspecified atom stereocenters. The first-order valence-electron chi connectivity index (χ1n) is 10.0. The molecule has 1 saturated heterocycles. The van der Waals surface area contributed by atoms with Gasteiger partial charge >= 0.3 is 0 Å². The number of hydrogen-bond acceptors (Lipinski definition) is 9. The van der Waals surface area contributed by atoms with Crippen molar-refractivity contribution in [3.8, 4) is 11.7 Å². The molecule has 1 aliphatic rings. The lowest BCUT2D eigenvalue weighted by atomic mass is 10.1. The summed E-state index contributed by atoms with van der Waals surface area (Å²) in [6.45, 7) is 3.42. The van der Waals surface area contributed by atoms with Crippen molar-refractivity contribution in [1.82, 2.24) is 24.9 Å². The maximum atomic E-state index is 12.7. The van der Waals surface area contributed by atoms with Gasteiger partial charge in [-0.2, -0.15) is 5.10 Å². The van der Waals surface area contributed by atoms with Gasteiger partial charge in [0.15, 0.2) is 5.76 Å². The van der Waals surface area contributed by atoms with E-state index >= 15 is 0 Å². The van der Waals surface area contributed by atoms with Crippen molar-refractivity contribution in [3.63, 3.8) is 0 Å². The van der Waals surface area contributed by atoms with Crippen LogP contribution in [0.2, 0.25) is 0 Å². The molecular formula is C20H26N6O4. The normalized spacial score (nSPS) is 17.3. The lowest BCUT2D eigenvalue weighted by molar-refractivity contribution is 0.148. The fourth-order valence-corrected chi connectivity index (χ4v) is 3.63. The Bertz CT molecular complexity index is 999. The van der Waals surface area contributed by atoms with Crippen molar-refractivity contribution in [3.05, 3.63) is 46.9 Å². The lowest BCUT2D eigenvalue weighted by Gasteiger charge is -2.32. The van der Waals surface area contributed by atoms with Crippen molar-refractivity contribution in [2.24, 2.45) is 0 Å². The Balaban J connectivity index is 1.41. The van der Waals surface area contributed by atoms with Gasteiger partial charge in [0.1, 0.15) is 0 Å². The molecule has 0 aliphatic carbocycles. The number of anilines is 1. The van der Waals surface area contributed by atoms with Crippen LogP contribution >= 0.6 is 0 Å². The number of aromatic nitrogens is 4. The predicted molar refractivity (Wildman–Crippen MR) is 109 cm³/mol. The van der Waals surface area contributed by atoms with Gasteiger partial charge in [0.05, 0.1) is 37.3 Å². The van der Waals surface area contributed by atoms with Crippen molar-refractivity contribution in [2.75, 3.05) is 45.3 Å². The van der Waals surface area contributed by atoms with E-state index in [0.29, 0.717) is 43.8 Å². The average Bonchev–Trinajstić information content (AvgIpc) is 3.44. The van der Waals surface area contributed by atoms with Gasteiger partial charge in [0.2, 0.25) is 5.89 Å². The van der Waals surface area contributed by atoms with Gasteiger partial charge in [-0.1, -0.05) is 0 Å². The van der Waals surface area contributed by atoms with Crippen molar-refractivity contribution >= 4 is 5.69 Å². The van der Waals surface area contributed by atoms with Gasteiger partial charge < -0.3 is 18.5 Å². The number of furan rings is 1. The Morgan fingerprint density at radius 2 is 2.27 bits per heavy atom. The maximum absolute atomic E-state index is 12.7. The van der Waals surface area contributed by atoms with Gasteiger partial charge in [-0.3, -0.25) is 9.69 Å². The molecule has 0 saturated carbocycles. The van der Waals surface area contributed by atoms with Crippen molar-refractivity contribution in [1.29, 1.82) is 0 Å². The highest BCUT2D eigenvalue weighted by Gasteiger charge is 2.25. The van der Waals surface area contributed by atoms with Crippen LogP contribution in [0.3, 0.4) is 0 Å². The summed E-state index contributed by atoms with van der Waals surface area (Å²) in [7, 11) is 3.58. The topological polar surface area (TPSA) is 103 Å². The summed E-state index contributed by atoms with van der Waals surface area (Å²) >= 11 is 0. The molecule has 10 nitrogen and oxygen atoms in total. The van der Waals surface area contributed by atoms with E-state index < -0.39 is 0 Å². The molecule has 0 spiro atoms. The van der Waals surface area contributed by atoms with Crippen LogP contribution in [0.15, 0.2) is 44.3 Å². The number of nitrogens with zero attached hydrogens (tertiary/aromatic N) is 6. The first-order chi connectivity index (χ1) is 14.6. The van der Waals surface area contributed by atoms with E-state index in [1.165, 1.54) is 0 Å². The van der Waals surface area contributed by atoms with Gasteiger partial charge in [-0.05, 0) is 31.5 Å². The molecule has 0 aromatic carbocycles. The van der Waals surface area contributed by atoms with Crippen LogP contribution in [-0.4, -0.2) is 65.3 Å². The quantitative estimate of drug-likeness (QED) is 0.546. The molecule has 3 aromatic rings. The van der Waals surface area contributed by atoms with Crippen LogP contribution in [0, 0.1) is 0 Å². The van der Waals surface area contributed by atoms with Gasteiger partial charge in [-0.15, -0.1) is 10.2 Å². The Morgan fingerprint density at radius 1 is 1.37 bits per heavy atom. The zero-order chi connectivity index (χ0) is 20.9. The highest BCUT2D eigenvalue weighted by Crippen LogP contribution is 2.23. The molecule has 0 radical (unpaired) electrons. The van der Waals surface area contributed by atoms with Gasteiger partial charge in [0.25, 0.3) is 11.4 Å². The predicted octanol–water partition coefficient (Wildman–Crippen LogP) is 1.81. The van der Waals surface area contributed by atoms with Gasteiger partial charge in [0, 0.05) is 33.3 Å². The van der Waals surface area contributed by atoms with E-state index in [-0.39, 0.29) is 11.6 Å². The number of rotatable bonds is 8. The summed E-state index contributed by atoms with van der Waals surface area (Å²) in [4.78, 5) is 16.9. The van der Waals surface area contributed by atoms with Crippen molar-refractivity contribution < 1.29 is 13.6 Å². The zero-order valence-corrected chi connectivity index (χ0v) is 17.2. The van der Waals surface area contributed by atoms with E-state index in [9.17, 15) is 4.79 Å². The molecule has 3 aromatic heterocycles. The monoisotopic (exact) mass is 414 g/mol. The third-order valence-corrected chi connectivity index (χ3v) is 5.27. The molecule has 0 bridgehead atoms. The second kappa shape index (κ2) is 9.23. The molecule has 4 rings (SSSR count). The van der Waals surface area contributed by atoms with E-state index in [2.05, 4.69) is 20.2 Å². The minimum atomic E-state index is -0.0958. The minimum absolute atomic E-state index is 0.0112. The fraction of sp³-hybridized carbons (Fsp3) is 0.500. The standard InChI is InChI=1S/C20H26N6O4/c1-24(8-10-28-2)16-11-19(27)26(21-12-16)15-5-3-7-25(13-15)14-18-22-23-20(30-18)17-6-4-9-29-17/h4,6,9,11-12,15H,3,5,7-8,10,13-14H2,1-2H3/t15-/m0/s1. The Labute approximate surface area is 174 Å². The number of piperidine rings is 1. The summed E-state index contributed by atoms with van der Waals surface area (Å²) in [5, 5.41) is 12.6. The van der Waals surface area contributed by atoms with Crippen LogP contribution in [0.4, 0.5) is 5.69 Å². The van der Waals surface area contributed by atoms with Crippen LogP contribution in [0.1, 0.15) is 24.8 Å². The first kappa shape index (κ1) is 20.3. The molecule has 0 amide bonds. The summed E-state index contributed by atoms with van der Waals surface area (Å²) in [5.74, 6) is 1.45. The third kappa shape index (κ3) is 4.60. The maximum Gasteiger partial charge on any atom is 0.283 e. The van der Waals surface area contributed by atoms with Crippen LogP contribution in [0.25, 0.3) is 11.7 Å². The Hall–Kier alpha value is -2.98. The van der Waals surface area contributed by atoms with Crippen LogP contribution in [0.5, 0.6) is 0 Å². The van der Waals surface area contributed by atoms with Crippen LogP contribution < -0.4 is 10.5 Å². The second-order valence-electron chi connectivity index (χ2n) is 7.42. The second-order valence-corrected chi connectivity index (χ2v) is 7.42. The molecule has 4 heterocycles. The number of hydrogen-bond donors (Lipinski definition) is 0.